The van der Waals surface area contributed by atoms with Crippen molar-refractivity contribution in [3.05, 3.63) is 17.1 Å². The van der Waals surface area contributed by atoms with Gasteiger partial charge in [0.2, 0.25) is 5.91 Å². The van der Waals surface area contributed by atoms with E-state index in [1.54, 1.807) is 11.8 Å². The number of piperidine rings is 1. The molecule has 3 heterocycles. The van der Waals surface area contributed by atoms with Crippen LogP contribution in [0.3, 0.4) is 0 Å². The molecule has 25 heavy (non-hydrogen) atoms. The summed E-state index contributed by atoms with van der Waals surface area (Å²) < 4.78 is 4.89. The van der Waals surface area contributed by atoms with Gasteiger partial charge in [-0.3, -0.25) is 9.59 Å². The zero-order valence-corrected chi connectivity index (χ0v) is 15.1. The third-order valence-electron chi connectivity index (χ3n) is 4.76. The van der Waals surface area contributed by atoms with Crippen LogP contribution in [-0.4, -0.2) is 53.0 Å². The number of nitrogens with zero attached hydrogens (tertiary/aromatic N) is 4. The summed E-state index contributed by atoms with van der Waals surface area (Å²) >= 11 is 0. The molecule has 0 bridgehead atoms. The normalized spacial score (nSPS) is 17.2. The molecule has 0 atom stereocenters. The standard InChI is InChI=1S/C18H26N4O3/c1-3-25-17(24)11-16(23)22-10-7-15-14(12-22)18(20-13(2)19-15)21-8-5-4-6-9-21/h3-12H2,1-2H3. The summed E-state index contributed by atoms with van der Waals surface area (Å²) in [5.41, 5.74) is 2.07. The van der Waals surface area contributed by atoms with E-state index in [4.69, 9.17) is 4.74 Å². The third-order valence-corrected chi connectivity index (χ3v) is 4.76. The van der Waals surface area contributed by atoms with Crippen LogP contribution in [0.25, 0.3) is 0 Å². The first-order valence-electron chi connectivity index (χ1n) is 9.13. The summed E-state index contributed by atoms with van der Waals surface area (Å²) in [4.78, 5) is 37.3. The number of aryl methyl sites for hydroxylation is 1. The molecule has 1 amide bonds. The number of fused-ring (bicyclic) bond motifs is 1. The second kappa shape index (κ2) is 7.80. The summed E-state index contributed by atoms with van der Waals surface area (Å²) in [6.07, 6.45) is 4.10. The minimum absolute atomic E-state index is 0.186. The lowest BCUT2D eigenvalue weighted by Crippen LogP contribution is -2.40. The molecule has 0 N–H and O–H groups in total. The van der Waals surface area contributed by atoms with Gasteiger partial charge in [0.1, 0.15) is 18.1 Å². The van der Waals surface area contributed by atoms with Crippen molar-refractivity contribution in [1.82, 2.24) is 14.9 Å². The van der Waals surface area contributed by atoms with E-state index in [0.29, 0.717) is 26.1 Å². The van der Waals surface area contributed by atoms with Crippen molar-refractivity contribution in [2.45, 2.75) is 52.5 Å². The first kappa shape index (κ1) is 17.6. The van der Waals surface area contributed by atoms with Gasteiger partial charge in [-0.15, -0.1) is 0 Å². The van der Waals surface area contributed by atoms with Crippen LogP contribution in [-0.2, 0) is 27.3 Å². The zero-order valence-electron chi connectivity index (χ0n) is 15.1. The van der Waals surface area contributed by atoms with Crippen molar-refractivity contribution < 1.29 is 14.3 Å². The van der Waals surface area contributed by atoms with Crippen molar-refractivity contribution in [3.63, 3.8) is 0 Å². The lowest BCUT2D eigenvalue weighted by molar-refractivity contribution is -0.148. The van der Waals surface area contributed by atoms with E-state index in [1.165, 1.54) is 19.3 Å². The van der Waals surface area contributed by atoms with Crippen LogP contribution in [0.5, 0.6) is 0 Å². The summed E-state index contributed by atoms with van der Waals surface area (Å²) in [6, 6.07) is 0. The highest BCUT2D eigenvalue weighted by Crippen LogP contribution is 2.29. The molecule has 0 unspecified atom stereocenters. The van der Waals surface area contributed by atoms with E-state index in [2.05, 4.69) is 14.9 Å². The summed E-state index contributed by atoms with van der Waals surface area (Å²) in [7, 11) is 0. The number of amides is 1. The van der Waals surface area contributed by atoms with Crippen molar-refractivity contribution in [1.29, 1.82) is 0 Å². The predicted octanol–water partition coefficient (Wildman–Crippen LogP) is 1.61. The molecule has 2 aliphatic heterocycles. The minimum atomic E-state index is -0.463. The van der Waals surface area contributed by atoms with Crippen LogP contribution < -0.4 is 4.90 Å². The Kier molecular flexibility index (Phi) is 5.50. The molecular formula is C18H26N4O3. The smallest absolute Gasteiger partial charge is 0.315 e. The van der Waals surface area contributed by atoms with Gasteiger partial charge in [-0.25, -0.2) is 9.97 Å². The summed E-state index contributed by atoms with van der Waals surface area (Å²) in [5, 5.41) is 0. The number of hydrogen-bond donors (Lipinski definition) is 0. The minimum Gasteiger partial charge on any atom is -0.466 e. The van der Waals surface area contributed by atoms with E-state index in [-0.39, 0.29) is 12.3 Å². The average Bonchev–Trinajstić information content (AvgIpc) is 2.61. The van der Waals surface area contributed by atoms with Crippen molar-refractivity contribution >= 4 is 17.7 Å². The molecular weight excluding hydrogens is 320 g/mol. The predicted molar refractivity (Wildman–Crippen MR) is 93.2 cm³/mol. The van der Waals surface area contributed by atoms with E-state index >= 15 is 0 Å². The molecule has 136 valence electrons. The molecule has 1 saturated heterocycles. The first-order valence-corrected chi connectivity index (χ1v) is 9.13. The van der Waals surface area contributed by atoms with Crippen LogP contribution in [0.15, 0.2) is 0 Å². The molecule has 0 aromatic carbocycles. The molecule has 0 saturated carbocycles. The fourth-order valence-electron chi connectivity index (χ4n) is 3.54. The summed E-state index contributed by atoms with van der Waals surface area (Å²) in [5.74, 6) is 1.10. The molecule has 2 aliphatic rings. The Bertz CT molecular complexity index is 656. The maximum absolute atomic E-state index is 12.4. The van der Waals surface area contributed by atoms with Gasteiger partial charge in [0.25, 0.3) is 0 Å². The largest absolute Gasteiger partial charge is 0.466 e. The van der Waals surface area contributed by atoms with E-state index in [1.807, 2.05) is 6.92 Å². The Hall–Kier alpha value is -2.18. The maximum Gasteiger partial charge on any atom is 0.315 e. The quantitative estimate of drug-likeness (QED) is 0.609. The maximum atomic E-state index is 12.4. The molecule has 3 rings (SSSR count). The highest BCUT2D eigenvalue weighted by molar-refractivity contribution is 5.94. The van der Waals surface area contributed by atoms with E-state index in [9.17, 15) is 9.59 Å². The van der Waals surface area contributed by atoms with Gasteiger partial charge in [-0.05, 0) is 33.1 Å². The molecule has 0 aliphatic carbocycles. The molecule has 0 radical (unpaired) electrons. The molecule has 1 aromatic heterocycles. The number of ether oxygens (including phenoxy) is 1. The van der Waals surface area contributed by atoms with Crippen LogP contribution in [0.1, 0.15) is 49.7 Å². The van der Waals surface area contributed by atoms with Crippen LogP contribution in [0.2, 0.25) is 0 Å². The number of carbonyl (C=O) groups is 2. The number of hydrogen-bond acceptors (Lipinski definition) is 6. The number of carbonyl (C=O) groups excluding carboxylic acids is 2. The van der Waals surface area contributed by atoms with Gasteiger partial charge in [0, 0.05) is 31.6 Å². The highest BCUT2D eigenvalue weighted by atomic mass is 16.5. The van der Waals surface area contributed by atoms with Crippen LogP contribution >= 0.6 is 0 Å². The Morgan fingerprint density at radius 1 is 1.12 bits per heavy atom. The second-order valence-electron chi connectivity index (χ2n) is 6.61. The number of esters is 1. The van der Waals surface area contributed by atoms with Gasteiger partial charge >= 0.3 is 5.97 Å². The van der Waals surface area contributed by atoms with Crippen molar-refractivity contribution in [3.8, 4) is 0 Å². The van der Waals surface area contributed by atoms with Gasteiger partial charge in [0.15, 0.2) is 0 Å². The Balaban J connectivity index is 1.79. The molecule has 7 heteroatoms. The monoisotopic (exact) mass is 346 g/mol. The van der Waals surface area contributed by atoms with Gasteiger partial charge in [0.05, 0.1) is 18.8 Å². The Labute approximate surface area is 148 Å². The average molecular weight is 346 g/mol. The molecule has 1 aromatic rings. The van der Waals surface area contributed by atoms with Crippen LogP contribution in [0.4, 0.5) is 5.82 Å². The van der Waals surface area contributed by atoms with Gasteiger partial charge in [-0.2, -0.15) is 0 Å². The Morgan fingerprint density at radius 2 is 1.88 bits per heavy atom. The fourth-order valence-corrected chi connectivity index (χ4v) is 3.54. The number of aromatic nitrogens is 2. The number of anilines is 1. The lowest BCUT2D eigenvalue weighted by Gasteiger charge is -2.34. The van der Waals surface area contributed by atoms with E-state index < -0.39 is 5.97 Å². The molecule has 7 nitrogen and oxygen atoms in total. The lowest BCUT2D eigenvalue weighted by atomic mass is 10.0. The van der Waals surface area contributed by atoms with Gasteiger partial charge in [-0.1, -0.05) is 0 Å². The topological polar surface area (TPSA) is 75.6 Å². The van der Waals surface area contributed by atoms with E-state index in [0.717, 1.165) is 36.0 Å². The van der Waals surface area contributed by atoms with Gasteiger partial charge < -0.3 is 14.5 Å². The third kappa shape index (κ3) is 4.08. The second-order valence-corrected chi connectivity index (χ2v) is 6.61. The SMILES string of the molecule is CCOC(=O)CC(=O)N1CCc2nc(C)nc(N3CCCCC3)c2C1. The fraction of sp³-hybridized carbons (Fsp3) is 0.667. The van der Waals surface area contributed by atoms with Crippen molar-refractivity contribution in [2.75, 3.05) is 31.1 Å². The molecule has 1 fully saturated rings. The first-order chi connectivity index (χ1) is 12.1. The van der Waals surface area contributed by atoms with Crippen LogP contribution in [0, 0.1) is 6.92 Å². The molecule has 0 spiro atoms. The highest BCUT2D eigenvalue weighted by Gasteiger charge is 2.28. The number of rotatable bonds is 4. The Morgan fingerprint density at radius 3 is 2.60 bits per heavy atom. The van der Waals surface area contributed by atoms with Crippen molar-refractivity contribution in [2.24, 2.45) is 0 Å². The zero-order chi connectivity index (χ0) is 17.8. The summed E-state index contributed by atoms with van der Waals surface area (Å²) in [6.45, 7) is 7.01.